The van der Waals surface area contributed by atoms with Crippen LogP contribution in [0.5, 0.6) is 0 Å². The lowest BCUT2D eigenvalue weighted by Crippen LogP contribution is -2.20. The second-order valence-electron chi connectivity index (χ2n) is 5.53. The molecule has 2 aromatic rings. The molecule has 0 unspecified atom stereocenters. The van der Waals surface area contributed by atoms with Crippen LogP contribution in [0.15, 0.2) is 36.4 Å². The highest BCUT2D eigenvalue weighted by molar-refractivity contribution is 6.00. The van der Waals surface area contributed by atoms with Gasteiger partial charge in [0.1, 0.15) is 0 Å². The zero-order valence-corrected chi connectivity index (χ0v) is 13.8. The topological polar surface area (TPSA) is 41.1 Å². The molecule has 2 rings (SSSR count). The summed E-state index contributed by atoms with van der Waals surface area (Å²) in [6, 6.07) is 11.8. The molecule has 0 heterocycles. The van der Waals surface area contributed by atoms with Gasteiger partial charge in [-0.2, -0.15) is 0 Å². The minimum absolute atomic E-state index is 0. The fourth-order valence-electron chi connectivity index (χ4n) is 2.60. The summed E-state index contributed by atoms with van der Waals surface area (Å²) in [5.74, 6) is 0. The molecule has 0 spiro atoms. The number of carbonyl (C=O) groups excluding carboxylic acids is 1. The predicted octanol–water partition coefficient (Wildman–Crippen LogP) is 5.56. The molecular formula is C19H28N2O. The Labute approximate surface area is 135 Å². The minimum Gasteiger partial charge on any atom is -0.308 e. The lowest BCUT2D eigenvalue weighted by molar-refractivity contribution is 0.262. The summed E-state index contributed by atoms with van der Waals surface area (Å²) in [6.07, 6.45) is 1.88. The smallest absolute Gasteiger partial charge is 0.308 e. The van der Waals surface area contributed by atoms with Crippen molar-refractivity contribution in [2.24, 2.45) is 0 Å². The number of aryl methyl sites for hydroxylation is 3. The van der Waals surface area contributed by atoms with Crippen molar-refractivity contribution in [3.8, 4) is 0 Å². The second-order valence-corrected chi connectivity index (χ2v) is 5.53. The van der Waals surface area contributed by atoms with Crippen molar-refractivity contribution in [3.05, 3.63) is 58.7 Å². The molecule has 2 N–H and O–H groups in total. The highest BCUT2D eigenvalue weighted by Crippen LogP contribution is 2.22. The van der Waals surface area contributed by atoms with E-state index in [1.807, 2.05) is 37.3 Å². The van der Waals surface area contributed by atoms with E-state index in [4.69, 9.17) is 0 Å². The normalized spacial score (nSPS) is 10.4. The van der Waals surface area contributed by atoms with E-state index in [2.05, 4.69) is 37.5 Å². The van der Waals surface area contributed by atoms with Crippen molar-refractivity contribution < 1.29 is 7.65 Å². The highest BCUT2D eigenvalue weighted by Gasteiger charge is 2.09. The Morgan fingerprint density at radius 2 is 1.77 bits per heavy atom. The molecule has 0 aliphatic carbocycles. The van der Waals surface area contributed by atoms with E-state index in [0.717, 1.165) is 24.2 Å². The minimum atomic E-state index is -0.203. The largest absolute Gasteiger partial charge is 0.323 e. The van der Waals surface area contributed by atoms with E-state index in [9.17, 15) is 4.79 Å². The van der Waals surface area contributed by atoms with Gasteiger partial charge < -0.3 is 10.6 Å². The van der Waals surface area contributed by atoms with Crippen LogP contribution in [0, 0.1) is 13.8 Å². The maximum Gasteiger partial charge on any atom is 0.323 e. The number of hydrogen-bond acceptors (Lipinski definition) is 1. The summed E-state index contributed by atoms with van der Waals surface area (Å²) in [5, 5.41) is 5.87. The van der Waals surface area contributed by atoms with Crippen molar-refractivity contribution in [1.82, 2.24) is 0 Å². The van der Waals surface area contributed by atoms with Gasteiger partial charge in [-0.3, -0.25) is 0 Å². The van der Waals surface area contributed by atoms with Gasteiger partial charge in [-0.15, -0.1) is 0 Å². The summed E-state index contributed by atoms with van der Waals surface area (Å²) >= 11 is 0. The average Bonchev–Trinajstić information content (AvgIpc) is 2.50. The van der Waals surface area contributed by atoms with Crippen LogP contribution in [0.2, 0.25) is 0 Å². The van der Waals surface area contributed by atoms with Crippen LogP contribution in [-0.4, -0.2) is 6.03 Å². The van der Waals surface area contributed by atoms with Gasteiger partial charge in [0.05, 0.1) is 0 Å². The first kappa shape index (κ1) is 16.1. The number of anilines is 2. The van der Waals surface area contributed by atoms with Gasteiger partial charge in [0, 0.05) is 14.2 Å². The van der Waals surface area contributed by atoms with Crippen LogP contribution in [0.25, 0.3) is 0 Å². The molecular weight excluding hydrogens is 272 g/mol. The monoisotopic (exact) mass is 300 g/mol. The molecule has 22 heavy (non-hydrogen) atoms. The van der Waals surface area contributed by atoms with Crippen LogP contribution in [0.1, 0.15) is 39.0 Å². The Morgan fingerprint density at radius 3 is 2.41 bits per heavy atom. The molecule has 0 aromatic heterocycles. The molecule has 0 saturated carbocycles. The molecule has 0 aliphatic rings. The molecule has 0 atom stereocenters. The van der Waals surface area contributed by atoms with Crippen LogP contribution in [0.4, 0.5) is 16.2 Å². The summed E-state index contributed by atoms with van der Waals surface area (Å²) in [5.41, 5.74) is 6.58. The second kappa shape index (κ2) is 7.12. The molecule has 2 amide bonds. The summed E-state index contributed by atoms with van der Waals surface area (Å²) < 4.78 is 0. The number of urea groups is 1. The first-order valence-electron chi connectivity index (χ1n) is 7.81. The van der Waals surface area contributed by atoms with Gasteiger partial charge in [-0.1, -0.05) is 32.0 Å². The van der Waals surface area contributed by atoms with E-state index in [0.29, 0.717) is 0 Å². The van der Waals surface area contributed by atoms with Gasteiger partial charge in [0.15, 0.2) is 0 Å². The Balaban J connectivity index is 0.00000264. The van der Waals surface area contributed by atoms with Crippen molar-refractivity contribution in [3.63, 3.8) is 0 Å². The molecule has 0 radical (unpaired) electrons. The molecule has 2 aromatic carbocycles. The number of rotatable bonds is 4. The average molecular weight is 300 g/mol. The fourth-order valence-corrected chi connectivity index (χ4v) is 2.60. The van der Waals surface area contributed by atoms with Gasteiger partial charge in [0.2, 0.25) is 0 Å². The van der Waals surface area contributed by atoms with Crippen molar-refractivity contribution in [2.45, 2.75) is 40.5 Å². The maximum atomic E-state index is 12.2. The maximum absolute atomic E-state index is 12.2. The Kier molecular flexibility index (Phi) is 5.21. The van der Waals surface area contributed by atoms with E-state index in [1.54, 1.807) is 0 Å². The molecule has 3 nitrogen and oxygen atoms in total. The van der Waals surface area contributed by atoms with Crippen molar-refractivity contribution in [2.75, 3.05) is 10.6 Å². The predicted molar refractivity (Wildman–Crippen MR) is 98.0 cm³/mol. The van der Waals surface area contributed by atoms with Crippen LogP contribution < -0.4 is 10.6 Å². The molecule has 3 heteroatoms. The molecule has 0 bridgehead atoms. The van der Waals surface area contributed by atoms with Gasteiger partial charge >= 0.3 is 6.03 Å². The van der Waals surface area contributed by atoms with Crippen molar-refractivity contribution >= 4 is 17.4 Å². The van der Waals surface area contributed by atoms with Crippen molar-refractivity contribution in [1.29, 1.82) is 0 Å². The van der Waals surface area contributed by atoms with E-state index >= 15 is 0 Å². The van der Waals surface area contributed by atoms with E-state index in [1.165, 1.54) is 22.3 Å². The molecule has 0 fully saturated rings. The highest BCUT2D eigenvalue weighted by atomic mass is 16.2. The number of hydrogen-bond donors (Lipinski definition) is 2. The van der Waals surface area contributed by atoms with Crippen LogP contribution >= 0.6 is 0 Å². The molecule has 0 aliphatic heterocycles. The summed E-state index contributed by atoms with van der Waals surface area (Å²) in [4.78, 5) is 12.2. The number of amides is 2. The van der Waals surface area contributed by atoms with E-state index in [-0.39, 0.29) is 8.88 Å². The zero-order valence-electron chi connectivity index (χ0n) is 13.8. The quantitative estimate of drug-likeness (QED) is 0.762. The Bertz CT molecular complexity index is 687. The SMILES string of the molecule is CCc1cccc(NC(=O)Nc2ccc(C)c(C)c2)c1CC.[HH].[HH]. The number of nitrogens with one attached hydrogen (secondary N) is 2. The standard InChI is InChI=1S/C19H24N2O.2H2/c1-5-15-8-7-9-18(17(15)6-2)21-19(22)20-16-11-10-13(3)14(4)12-16;;/h7-12H,5-6H2,1-4H3,(H2,20,21,22);2*1H. The Morgan fingerprint density at radius 1 is 1.00 bits per heavy atom. The first-order chi connectivity index (χ1) is 10.5. The molecule has 120 valence electrons. The molecule has 0 saturated heterocycles. The first-order valence-corrected chi connectivity index (χ1v) is 7.81. The van der Waals surface area contributed by atoms with Gasteiger partial charge in [0.25, 0.3) is 0 Å². The fraction of sp³-hybridized carbons (Fsp3) is 0.316. The number of benzene rings is 2. The van der Waals surface area contributed by atoms with Gasteiger partial charge in [-0.25, -0.2) is 4.79 Å². The third-order valence-electron chi connectivity index (χ3n) is 4.02. The third-order valence-corrected chi connectivity index (χ3v) is 4.02. The summed E-state index contributed by atoms with van der Waals surface area (Å²) in [6.45, 7) is 8.34. The number of carbonyl (C=O) groups is 1. The van der Waals surface area contributed by atoms with Crippen LogP contribution in [0.3, 0.4) is 0 Å². The van der Waals surface area contributed by atoms with Crippen LogP contribution in [-0.2, 0) is 12.8 Å². The van der Waals surface area contributed by atoms with Gasteiger partial charge in [-0.05, 0) is 67.1 Å². The lowest BCUT2D eigenvalue weighted by Gasteiger charge is -2.14. The third kappa shape index (κ3) is 3.67. The Hall–Kier alpha value is -2.29. The summed E-state index contributed by atoms with van der Waals surface area (Å²) in [7, 11) is 0. The van der Waals surface area contributed by atoms with E-state index < -0.39 is 0 Å². The lowest BCUT2D eigenvalue weighted by atomic mass is 10.0. The zero-order chi connectivity index (χ0) is 16.1.